The molecule has 1 fully saturated rings. The fourth-order valence-electron chi connectivity index (χ4n) is 1.39. The van der Waals surface area contributed by atoms with E-state index in [1.165, 1.54) is 12.8 Å². The van der Waals surface area contributed by atoms with Crippen LogP contribution in [0.2, 0.25) is 0 Å². The third kappa shape index (κ3) is 1.37. The SMILES string of the molecule is CCn1cc(C(O)C2CC2)cn1. The minimum atomic E-state index is -0.273. The van der Waals surface area contributed by atoms with Crippen LogP contribution >= 0.6 is 0 Å². The van der Waals surface area contributed by atoms with Gasteiger partial charge in [0, 0.05) is 18.3 Å². The van der Waals surface area contributed by atoms with E-state index in [4.69, 9.17) is 0 Å². The molecule has 66 valence electrons. The molecule has 1 aromatic rings. The highest BCUT2D eigenvalue weighted by Crippen LogP contribution is 2.40. The Morgan fingerprint density at radius 3 is 3.00 bits per heavy atom. The summed E-state index contributed by atoms with van der Waals surface area (Å²) in [6, 6.07) is 0. The van der Waals surface area contributed by atoms with E-state index >= 15 is 0 Å². The molecule has 1 aromatic heterocycles. The molecule has 1 aliphatic rings. The first-order valence-corrected chi connectivity index (χ1v) is 4.51. The highest BCUT2D eigenvalue weighted by molar-refractivity contribution is 5.11. The maximum absolute atomic E-state index is 9.72. The quantitative estimate of drug-likeness (QED) is 0.736. The lowest BCUT2D eigenvalue weighted by Crippen LogP contribution is -1.98. The largest absolute Gasteiger partial charge is 0.388 e. The first kappa shape index (κ1) is 7.80. The van der Waals surface area contributed by atoms with Crippen LogP contribution in [-0.2, 0) is 6.54 Å². The number of aliphatic hydroxyl groups is 1. The normalized spacial score (nSPS) is 19.5. The lowest BCUT2D eigenvalue weighted by atomic mass is 10.1. The minimum absolute atomic E-state index is 0.273. The summed E-state index contributed by atoms with van der Waals surface area (Å²) in [5.74, 6) is 0.500. The van der Waals surface area contributed by atoms with E-state index in [2.05, 4.69) is 5.10 Å². The summed E-state index contributed by atoms with van der Waals surface area (Å²) >= 11 is 0. The summed E-state index contributed by atoms with van der Waals surface area (Å²) in [4.78, 5) is 0. The first-order valence-electron chi connectivity index (χ1n) is 4.51. The zero-order valence-electron chi connectivity index (χ0n) is 7.27. The van der Waals surface area contributed by atoms with E-state index in [1.807, 2.05) is 17.8 Å². The number of aliphatic hydroxyl groups excluding tert-OH is 1. The smallest absolute Gasteiger partial charge is 0.0848 e. The Labute approximate surface area is 72.0 Å². The predicted molar refractivity (Wildman–Crippen MR) is 45.6 cm³/mol. The lowest BCUT2D eigenvalue weighted by Gasteiger charge is -2.04. The molecule has 1 N–H and O–H groups in total. The van der Waals surface area contributed by atoms with Crippen LogP contribution in [0.25, 0.3) is 0 Å². The molecule has 1 unspecified atom stereocenters. The van der Waals surface area contributed by atoms with E-state index in [0.717, 1.165) is 12.1 Å². The van der Waals surface area contributed by atoms with E-state index < -0.39 is 0 Å². The molecule has 1 aliphatic carbocycles. The van der Waals surface area contributed by atoms with Crippen molar-refractivity contribution >= 4 is 0 Å². The van der Waals surface area contributed by atoms with Crippen LogP contribution in [0.15, 0.2) is 12.4 Å². The van der Waals surface area contributed by atoms with Crippen molar-refractivity contribution < 1.29 is 5.11 Å². The van der Waals surface area contributed by atoms with E-state index in [-0.39, 0.29) is 6.10 Å². The molecular formula is C9H14N2O. The molecule has 1 saturated carbocycles. The van der Waals surface area contributed by atoms with Crippen molar-refractivity contribution in [3.05, 3.63) is 18.0 Å². The van der Waals surface area contributed by atoms with Crippen molar-refractivity contribution in [3.8, 4) is 0 Å². The number of aryl methyl sites for hydroxylation is 1. The molecule has 12 heavy (non-hydrogen) atoms. The van der Waals surface area contributed by atoms with Crippen LogP contribution in [0.4, 0.5) is 0 Å². The fraction of sp³-hybridized carbons (Fsp3) is 0.667. The average molecular weight is 166 g/mol. The molecule has 3 nitrogen and oxygen atoms in total. The second kappa shape index (κ2) is 2.90. The monoisotopic (exact) mass is 166 g/mol. The van der Waals surface area contributed by atoms with Crippen molar-refractivity contribution in [2.24, 2.45) is 5.92 Å². The molecule has 0 amide bonds. The minimum Gasteiger partial charge on any atom is -0.388 e. The van der Waals surface area contributed by atoms with Crippen LogP contribution in [0.3, 0.4) is 0 Å². The first-order chi connectivity index (χ1) is 5.81. The third-order valence-electron chi connectivity index (χ3n) is 2.39. The van der Waals surface area contributed by atoms with Crippen molar-refractivity contribution in [2.75, 3.05) is 0 Å². The highest BCUT2D eigenvalue weighted by Gasteiger charge is 2.31. The predicted octanol–water partition coefficient (Wildman–Crippen LogP) is 1.35. The average Bonchev–Trinajstić information content (AvgIpc) is 2.82. The number of hydrogen-bond acceptors (Lipinski definition) is 2. The maximum atomic E-state index is 9.72. The van der Waals surface area contributed by atoms with Gasteiger partial charge in [0.05, 0.1) is 12.3 Å². The number of hydrogen-bond donors (Lipinski definition) is 1. The van der Waals surface area contributed by atoms with Crippen molar-refractivity contribution in [3.63, 3.8) is 0 Å². The van der Waals surface area contributed by atoms with Gasteiger partial charge in [0.1, 0.15) is 0 Å². The second-order valence-corrected chi connectivity index (χ2v) is 3.41. The van der Waals surface area contributed by atoms with Gasteiger partial charge in [0.2, 0.25) is 0 Å². The Hall–Kier alpha value is -0.830. The zero-order chi connectivity index (χ0) is 8.55. The van der Waals surface area contributed by atoms with Crippen LogP contribution in [0.5, 0.6) is 0 Å². The molecule has 2 rings (SSSR count). The Morgan fingerprint density at radius 1 is 1.75 bits per heavy atom. The highest BCUT2D eigenvalue weighted by atomic mass is 16.3. The van der Waals surface area contributed by atoms with Crippen molar-refractivity contribution in [2.45, 2.75) is 32.4 Å². The molecule has 0 aromatic carbocycles. The van der Waals surface area contributed by atoms with Gasteiger partial charge in [-0.15, -0.1) is 0 Å². The van der Waals surface area contributed by atoms with Crippen LogP contribution < -0.4 is 0 Å². The van der Waals surface area contributed by atoms with Crippen LogP contribution in [-0.4, -0.2) is 14.9 Å². The Morgan fingerprint density at radius 2 is 2.50 bits per heavy atom. The Kier molecular flexibility index (Phi) is 1.89. The van der Waals surface area contributed by atoms with E-state index in [1.54, 1.807) is 6.20 Å². The van der Waals surface area contributed by atoms with Gasteiger partial charge in [0.15, 0.2) is 0 Å². The topological polar surface area (TPSA) is 38.0 Å². The number of nitrogens with zero attached hydrogens (tertiary/aromatic N) is 2. The Balaban J connectivity index is 2.10. The van der Waals surface area contributed by atoms with Crippen LogP contribution in [0.1, 0.15) is 31.4 Å². The summed E-state index contributed by atoms with van der Waals surface area (Å²) in [6.45, 7) is 2.91. The summed E-state index contributed by atoms with van der Waals surface area (Å²) < 4.78 is 1.85. The molecule has 0 spiro atoms. The number of rotatable bonds is 3. The molecular weight excluding hydrogens is 152 g/mol. The molecule has 3 heteroatoms. The maximum Gasteiger partial charge on any atom is 0.0848 e. The van der Waals surface area contributed by atoms with Gasteiger partial charge in [-0.25, -0.2) is 0 Å². The molecule has 1 atom stereocenters. The molecule has 0 aliphatic heterocycles. The molecule has 0 bridgehead atoms. The number of aromatic nitrogens is 2. The summed E-state index contributed by atoms with van der Waals surface area (Å²) in [5, 5.41) is 13.8. The van der Waals surface area contributed by atoms with Gasteiger partial charge in [-0.1, -0.05) is 0 Å². The van der Waals surface area contributed by atoms with Gasteiger partial charge in [0.25, 0.3) is 0 Å². The van der Waals surface area contributed by atoms with Crippen LogP contribution in [0, 0.1) is 5.92 Å². The van der Waals surface area contributed by atoms with Gasteiger partial charge < -0.3 is 5.11 Å². The Bertz CT molecular complexity index is 265. The van der Waals surface area contributed by atoms with Crippen molar-refractivity contribution in [1.29, 1.82) is 0 Å². The zero-order valence-corrected chi connectivity index (χ0v) is 7.27. The second-order valence-electron chi connectivity index (χ2n) is 3.41. The molecule has 0 radical (unpaired) electrons. The summed E-state index contributed by atoms with van der Waals surface area (Å²) in [7, 11) is 0. The fourth-order valence-corrected chi connectivity index (χ4v) is 1.39. The summed E-state index contributed by atoms with van der Waals surface area (Å²) in [6.07, 6.45) is 5.76. The van der Waals surface area contributed by atoms with Gasteiger partial charge in [-0.2, -0.15) is 5.10 Å². The molecule has 0 saturated heterocycles. The van der Waals surface area contributed by atoms with Gasteiger partial charge in [-0.05, 0) is 25.7 Å². The van der Waals surface area contributed by atoms with Crippen molar-refractivity contribution in [1.82, 2.24) is 9.78 Å². The standard InChI is InChI=1S/C9H14N2O/c1-2-11-6-8(5-10-11)9(12)7-3-4-7/h5-7,9,12H,2-4H2,1H3. The van der Waals surface area contributed by atoms with E-state index in [0.29, 0.717) is 5.92 Å². The van der Waals surface area contributed by atoms with Gasteiger partial charge >= 0.3 is 0 Å². The molecule has 1 heterocycles. The lowest BCUT2D eigenvalue weighted by molar-refractivity contribution is 0.153. The van der Waals surface area contributed by atoms with Gasteiger partial charge in [-0.3, -0.25) is 4.68 Å². The summed E-state index contributed by atoms with van der Waals surface area (Å²) in [5.41, 5.74) is 0.972. The van der Waals surface area contributed by atoms with E-state index in [9.17, 15) is 5.11 Å². The third-order valence-corrected chi connectivity index (χ3v) is 2.39.